The number of likely N-dealkylation sites (tertiary alicyclic amines) is 2. The summed E-state index contributed by atoms with van der Waals surface area (Å²) in [6.07, 6.45) is 2.46. The van der Waals surface area contributed by atoms with Gasteiger partial charge in [-0.25, -0.2) is 0 Å². The molecular weight excluding hydrogens is 418 g/mol. The summed E-state index contributed by atoms with van der Waals surface area (Å²) in [7, 11) is 1.98. The molecule has 1 amide bonds. The average molecular weight is 456 g/mol. The van der Waals surface area contributed by atoms with Gasteiger partial charge >= 0.3 is 0 Å². The van der Waals surface area contributed by atoms with Gasteiger partial charge in [-0.1, -0.05) is 28.8 Å². The van der Waals surface area contributed by atoms with E-state index in [1.54, 1.807) is 0 Å². The van der Waals surface area contributed by atoms with Gasteiger partial charge < -0.3 is 9.80 Å². The Labute approximate surface area is 196 Å². The Morgan fingerprint density at radius 3 is 2.72 bits per heavy atom. The molecule has 32 heavy (non-hydrogen) atoms. The topological polar surface area (TPSA) is 52.6 Å². The first kappa shape index (κ1) is 23.3. The highest BCUT2D eigenvalue weighted by Crippen LogP contribution is 2.40. The van der Waals surface area contributed by atoms with Gasteiger partial charge in [0.2, 0.25) is 5.91 Å². The van der Waals surface area contributed by atoms with Crippen molar-refractivity contribution >= 4 is 17.4 Å². The molecule has 6 nitrogen and oxygen atoms in total. The Morgan fingerprint density at radius 1 is 1.22 bits per heavy atom. The van der Waals surface area contributed by atoms with Crippen molar-refractivity contribution in [3.8, 4) is 0 Å². The van der Waals surface area contributed by atoms with Crippen molar-refractivity contribution in [2.75, 3.05) is 46.3 Å². The minimum Gasteiger partial charge on any atom is -0.344 e. The van der Waals surface area contributed by atoms with Gasteiger partial charge in [0, 0.05) is 56.5 Å². The highest BCUT2D eigenvalue weighted by Gasteiger charge is 2.38. The van der Waals surface area contributed by atoms with E-state index in [9.17, 15) is 4.79 Å². The highest BCUT2D eigenvalue weighted by molar-refractivity contribution is 7.03. The minimum absolute atomic E-state index is 0.229. The number of aromatic nitrogens is 2. The summed E-state index contributed by atoms with van der Waals surface area (Å²) in [5, 5.41) is 6.46. The number of amides is 1. The molecular formula is C25H37N5OS. The molecule has 1 aromatic heterocycles. The highest BCUT2D eigenvalue weighted by atomic mass is 32.1. The average Bonchev–Trinajstić information content (AvgIpc) is 3.44. The molecule has 3 atom stereocenters. The van der Waals surface area contributed by atoms with Crippen LogP contribution in [-0.2, 0) is 4.79 Å². The zero-order valence-electron chi connectivity index (χ0n) is 19.9. The van der Waals surface area contributed by atoms with Crippen molar-refractivity contribution in [1.82, 2.24) is 24.3 Å². The smallest absolute Gasteiger partial charge is 0.236 e. The van der Waals surface area contributed by atoms with Crippen molar-refractivity contribution in [3.63, 3.8) is 0 Å². The number of hydrogen-bond acceptors (Lipinski definition) is 6. The minimum atomic E-state index is 0.229. The summed E-state index contributed by atoms with van der Waals surface area (Å²) >= 11 is 1.41. The van der Waals surface area contributed by atoms with Gasteiger partial charge in [0.25, 0.3) is 0 Å². The van der Waals surface area contributed by atoms with Crippen LogP contribution < -0.4 is 0 Å². The molecule has 1 aromatic carbocycles. The number of benzene rings is 1. The van der Waals surface area contributed by atoms with Gasteiger partial charge in [-0.3, -0.25) is 9.69 Å². The third kappa shape index (κ3) is 5.38. The normalized spacial score (nSPS) is 24.8. The number of aryl methyl sites for hydroxylation is 1. The van der Waals surface area contributed by atoms with Gasteiger partial charge in [0.1, 0.15) is 0 Å². The summed E-state index contributed by atoms with van der Waals surface area (Å²) in [6.45, 7) is 12.1. The van der Waals surface area contributed by atoms with Crippen LogP contribution in [0.25, 0.3) is 0 Å². The Bertz CT molecular complexity index is 886. The number of carbonyl (C=O) groups excluding carboxylic acids is 1. The Balaban J connectivity index is 1.39. The molecule has 2 saturated heterocycles. The first-order valence-electron chi connectivity index (χ1n) is 11.9. The zero-order valence-corrected chi connectivity index (χ0v) is 20.7. The number of hydrogen-bond donors (Lipinski definition) is 0. The third-order valence-electron chi connectivity index (χ3n) is 7.34. The number of rotatable bonds is 7. The van der Waals surface area contributed by atoms with Crippen LogP contribution in [-0.4, -0.2) is 82.6 Å². The lowest BCUT2D eigenvalue weighted by molar-refractivity contribution is -0.131. The molecule has 0 spiro atoms. The lowest BCUT2D eigenvalue weighted by atomic mass is 9.85. The fourth-order valence-corrected chi connectivity index (χ4v) is 6.00. The van der Waals surface area contributed by atoms with E-state index in [1.807, 2.05) is 11.9 Å². The molecule has 3 heterocycles. The van der Waals surface area contributed by atoms with E-state index >= 15 is 0 Å². The van der Waals surface area contributed by atoms with Crippen molar-refractivity contribution < 1.29 is 4.79 Å². The van der Waals surface area contributed by atoms with Crippen molar-refractivity contribution in [3.05, 3.63) is 46.5 Å². The quantitative estimate of drug-likeness (QED) is 0.638. The predicted octanol–water partition coefficient (Wildman–Crippen LogP) is 3.61. The van der Waals surface area contributed by atoms with Crippen LogP contribution in [0.4, 0.5) is 0 Å². The van der Waals surface area contributed by atoms with E-state index in [1.165, 1.54) is 42.0 Å². The van der Waals surface area contributed by atoms with Crippen LogP contribution >= 0.6 is 11.5 Å². The van der Waals surface area contributed by atoms with Crippen molar-refractivity contribution in [1.29, 1.82) is 0 Å². The molecule has 0 aliphatic carbocycles. The molecule has 7 heteroatoms. The van der Waals surface area contributed by atoms with E-state index in [0.717, 1.165) is 31.9 Å². The lowest BCUT2D eigenvalue weighted by Gasteiger charge is -2.37. The molecule has 2 fully saturated rings. The molecule has 0 radical (unpaired) electrons. The van der Waals surface area contributed by atoms with Crippen molar-refractivity contribution in [2.24, 2.45) is 5.92 Å². The second kappa shape index (κ2) is 10.4. The van der Waals surface area contributed by atoms with Crippen LogP contribution in [0, 0.1) is 12.8 Å². The summed E-state index contributed by atoms with van der Waals surface area (Å²) < 4.78 is 4.11. The first-order chi connectivity index (χ1) is 15.4. The number of carbonyl (C=O) groups is 1. The predicted molar refractivity (Wildman–Crippen MR) is 130 cm³/mol. The summed E-state index contributed by atoms with van der Waals surface area (Å²) in [5.41, 5.74) is 3.73. The van der Waals surface area contributed by atoms with E-state index in [4.69, 9.17) is 0 Å². The number of piperidine rings is 1. The molecule has 2 aliphatic heterocycles. The van der Waals surface area contributed by atoms with E-state index < -0.39 is 0 Å². The Kier molecular flexibility index (Phi) is 7.59. The van der Waals surface area contributed by atoms with Crippen LogP contribution in [0.5, 0.6) is 0 Å². The largest absolute Gasteiger partial charge is 0.344 e. The van der Waals surface area contributed by atoms with E-state index in [-0.39, 0.29) is 11.8 Å². The van der Waals surface area contributed by atoms with Crippen LogP contribution in [0.15, 0.2) is 29.6 Å². The zero-order chi connectivity index (χ0) is 22.7. The van der Waals surface area contributed by atoms with Crippen molar-refractivity contribution in [2.45, 2.75) is 51.5 Å². The van der Waals surface area contributed by atoms with Crippen LogP contribution in [0.3, 0.4) is 0 Å². The van der Waals surface area contributed by atoms with Gasteiger partial charge in [0.15, 0.2) is 0 Å². The molecule has 0 bridgehead atoms. The Morgan fingerprint density at radius 2 is 2.00 bits per heavy atom. The monoisotopic (exact) mass is 455 g/mol. The van der Waals surface area contributed by atoms with Crippen LogP contribution in [0.1, 0.15) is 55.3 Å². The molecule has 4 rings (SSSR count). The lowest BCUT2D eigenvalue weighted by Crippen LogP contribution is -2.45. The van der Waals surface area contributed by atoms with E-state index in [2.05, 4.69) is 69.8 Å². The number of likely N-dealkylation sites (N-methyl/N-ethyl adjacent to an activating group) is 1. The molecule has 0 saturated carbocycles. The van der Waals surface area contributed by atoms with Gasteiger partial charge in [-0.2, -0.15) is 0 Å². The SMILES string of the molecule is Cc1ccccc1[C@@H]1CN(CC(=O)N(C)C[C@H]2CCCN(C(C)C)C2)C[C@H]1c1csnn1. The fraction of sp³-hybridized carbons (Fsp3) is 0.640. The maximum atomic E-state index is 13.1. The molecule has 2 aromatic rings. The number of nitrogens with zero attached hydrogens (tertiary/aromatic N) is 5. The summed E-state index contributed by atoms with van der Waals surface area (Å²) in [6, 6.07) is 9.20. The first-order valence-corrected chi connectivity index (χ1v) is 12.8. The van der Waals surface area contributed by atoms with Gasteiger partial charge in [0.05, 0.1) is 12.2 Å². The summed E-state index contributed by atoms with van der Waals surface area (Å²) in [5.74, 6) is 1.43. The molecule has 2 aliphatic rings. The second-order valence-corrected chi connectivity index (χ2v) is 10.6. The van der Waals surface area contributed by atoms with Crippen LogP contribution in [0.2, 0.25) is 0 Å². The molecule has 0 unspecified atom stereocenters. The maximum Gasteiger partial charge on any atom is 0.236 e. The van der Waals surface area contributed by atoms with Gasteiger partial charge in [-0.05, 0) is 68.7 Å². The summed E-state index contributed by atoms with van der Waals surface area (Å²) in [4.78, 5) is 20.0. The standard InChI is InChI=1S/C25H37N5OS/c1-18(2)30-11-7-9-20(13-30)12-28(4)25(31)16-29-14-22(21-10-6-5-8-19(21)3)23(15-29)24-17-32-27-26-24/h5-6,8,10,17-18,20,22-23H,7,9,11-16H2,1-4H3/t20-,22+,23-/m1/s1. The molecule has 174 valence electrons. The second-order valence-electron chi connectivity index (χ2n) is 9.96. The van der Waals surface area contributed by atoms with E-state index in [0.29, 0.717) is 24.4 Å². The fourth-order valence-electron chi connectivity index (χ4n) is 5.48. The third-order valence-corrected chi connectivity index (χ3v) is 7.86. The molecule has 0 N–H and O–H groups in total. The Hall–Kier alpha value is -1.83. The maximum absolute atomic E-state index is 13.1. The van der Waals surface area contributed by atoms with Gasteiger partial charge in [-0.15, -0.1) is 5.10 Å².